The van der Waals surface area contributed by atoms with Crippen LogP contribution < -0.4 is 0 Å². The highest BCUT2D eigenvalue weighted by Crippen LogP contribution is 2.09. The molecule has 2 nitrogen and oxygen atoms in total. The number of terminal acetylenes is 1. The molecular weight excluding hydrogens is 140 g/mol. The summed E-state index contributed by atoms with van der Waals surface area (Å²) in [6.07, 6.45) is 4.88. The van der Waals surface area contributed by atoms with Crippen LogP contribution in [-0.2, 0) is 0 Å². The van der Waals surface area contributed by atoms with E-state index in [2.05, 4.69) is 0 Å². The fraction of sp³-hybridized carbons (Fsp3) is 0. The van der Waals surface area contributed by atoms with Crippen molar-refractivity contribution in [2.75, 3.05) is 0 Å². The molecule has 0 heterocycles. The van der Waals surface area contributed by atoms with Gasteiger partial charge in [-0.05, 0) is 30.2 Å². The predicted molar refractivity (Wildman–Crippen MR) is 41.3 cm³/mol. The Morgan fingerprint density at radius 1 is 1.36 bits per heavy atom. The highest BCUT2D eigenvalue weighted by atomic mass is 16.3. The summed E-state index contributed by atoms with van der Waals surface area (Å²) in [5.41, 5.74) is 0.422. The van der Waals surface area contributed by atoms with Gasteiger partial charge in [0.2, 0.25) is 5.78 Å². The monoisotopic (exact) mass is 146 g/mol. The van der Waals surface area contributed by atoms with Crippen LogP contribution in [0.5, 0.6) is 5.75 Å². The molecule has 0 aliphatic rings. The Balaban J connectivity index is 3.01. The summed E-state index contributed by atoms with van der Waals surface area (Å²) in [5, 5.41) is 8.85. The van der Waals surface area contributed by atoms with Crippen molar-refractivity contribution in [2.24, 2.45) is 0 Å². The third kappa shape index (κ3) is 1.59. The molecule has 0 unspecified atom stereocenters. The summed E-state index contributed by atoms with van der Waals surface area (Å²) in [6, 6.07) is 5.81. The Morgan fingerprint density at radius 2 is 1.91 bits per heavy atom. The average molecular weight is 146 g/mol. The number of phenolic OH excluding ortho intramolecular Hbond substituents is 1. The first-order valence-corrected chi connectivity index (χ1v) is 3.04. The molecule has 1 aromatic carbocycles. The lowest BCUT2D eigenvalue weighted by Gasteiger charge is -1.92. The van der Waals surface area contributed by atoms with Crippen LogP contribution >= 0.6 is 0 Å². The van der Waals surface area contributed by atoms with Crippen LogP contribution in [0.3, 0.4) is 0 Å². The number of aromatic hydroxyl groups is 1. The fourth-order valence-electron chi connectivity index (χ4n) is 0.696. The molecular formula is C9H6O2. The molecule has 0 saturated carbocycles. The van der Waals surface area contributed by atoms with Gasteiger partial charge in [0.05, 0.1) is 0 Å². The molecule has 1 rings (SSSR count). The third-order valence-electron chi connectivity index (χ3n) is 1.26. The Labute approximate surface area is 64.5 Å². The summed E-state index contributed by atoms with van der Waals surface area (Å²) < 4.78 is 0. The smallest absolute Gasteiger partial charge is 0.235 e. The predicted octanol–water partition coefficient (Wildman–Crippen LogP) is 1.21. The van der Waals surface area contributed by atoms with Gasteiger partial charge in [0, 0.05) is 5.56 Å². The molecule has 0 bridgehead atoms. The zero-order valence-corrected chi connectivity index (χ0v) is 5.74. The van der Waals surface area contributed by atoms with Gasteiger partial charge in [-0.3, -0.25) is 4.79 Å². The lowest BCUT2D eigenvalue weighted by Crippen LogP contribution is -1.92. The van der Waals surface area contributed by atoms with E-state index in [0.29, 0.717) is 5.56 Å². The Morgan fingerprint density at radius 3 is 2.36 bits per heavy atom. The molecule has 1 N–H and O–H groups in total. The Kier molecular flexibility index (Phi) is 1.93. The number of hydrogen-bond donors (Lipinski definition) is 1. The van der Waals surface area contributed by atoms with E-state index in [1.165, 1.54) is 24.3 Å². The minimum atomic E-state index is -0.370. The number of benzene rings is 1. The van der Waals surface area contributed by atoms with Gasteiger partial charge in [0.1, 0.15) is 5.75 Å². The standard InChI is InChI=1S/C9H6O2/c1-2-9(11)7-3-5-8(10)6-4-7/h1,3-6,10H. The fourth-order valence-corrected chi connectivity index (χ4v) is 0.696. The van der Waals surface area contributed by atoms with Gasteiger partial charge >= 0.3 is 0 Å². The van der Waals surface area contributed by atoms with Crippen LogP contribution in [0.2, 0.25) is 0 Å². The minimum absolute atomic E-state index is 0.124. The topological polar surface area (TPSA) is 37.3 Å². The molecule has 0 aromatic heterocycles. The first kappa shape index (κ1) is 7.36. The van der Waals surface area contributed by atoms with Crippen molar-refractivity contribution in [3.63, 3.8) is 0 Å². The van der Waals surface area contributed by atoms with Crippen molar-refractivity contribution in [3.05, 3.63) is 29.8 Å². The molecule has 0 aliphatic carbocycles. The summed E-state index contributed by atoms with van der Waals surface area (Å²) in [7, 11) is 0. The highest BCUT2D eigenvalue weighted by molar-refractivity contribution is 6.08. The van der Waals surface area contributed by atoms with Crippen molar-refractivity contribution in [3.8, 4) is 18.1 Å². The number of carbonyl (C=O) groups excluding carboxylic acids is 1. The second kappa shape index (κ2) is 2.89. The van der Waals surface area contributed by atoms with Crippen LogP contribution in [0, 0.1) is 12.3 Å². The Bertz CT molecular complexity index is 303. The van der Waals surface area contributed by atoms with Crippen molar-refractivity contribution >= 4 is 5.78 Å². The molecule has 0 spiro atoms. The molecule has 0 saturated heterocycles. The van der Waals surface area contributed by atoms with E-state index in [-0.39, 0.29) is 11.5 Å². The van der Waals surface area contributed by atoms with E-state index < -0.39 is 0 Å². The molecule has 1 aromatic rings. The van der Waals surface area contributed by atoms with Gasteiger partial charge in [0.25, 0.3) is 0 Å². The lowest BCUT2D eigenvalue weighted by atomic mass is 10.1. The largest absolute Gasteiger partial charge is 0.508 e. The van der Waals surface area contributed by atoms with Crippen molar-refractivity contribution in [1.82, 2.24) is 0 Å². The van der Waals surface area contributed by atoms with E-state index in [4.69, 9.17) is 11.5 Å². The molecule has 0 fully saturated rings. The lowest BCUT2D eigenvalue weighted by molar-refractivity contribution is 0.105. The van der Waals surface area contributed by atoms with Crippen LogP contribution in [0.1, 0.15) is 10.4 Å². The molecule has 0 atom stereocenters. The van der Waals surface area contributed by atoms with E-state index in [1.54, 1.807) is 0 Å². The zero-order chi connectivity index (χ0) is 8.27. The van der Waals surface area contributed by atoms with E-state index >= 15 is 0 Å². The summed E-state index contributed by atoms with van der Waals surface area (Å²) in [5.74, 6) is 1.73. The molecule has 0 amide bonds. The van der Waals surface area contributed by atoms with Crippen LogP contribution in [0.25, 0.3) is 0 Å². The number of hydrogen-bond acceptors (Lipinski definition) is 2. The van der Waals surface area contributed by atoms with Gasteiger partial charge < -0.3 is 5.11 Å². The minimum Gasteiger partial charge on any atom is -0.508 e. The first-order chi connectivity index (χ1) is 5.24. The number of ketones is 1. The summed E-state index contributed by atoms with van der Waals surface area (Å²) in [4.78, 5) is 10.8. The van der Waals surface area contributed by atoms with Crippen molar-refractivity contribution in [1.29, 1.82) is 0 Å². The second-order valence-electron chi connectivity index (χ2n) is 2.02. The quantitative estimate of drug-likeness (QED) is 0.367. The molecule has 54 valence electrons. The number of rotatable bonds is 1. The summed E-state index contributed by atoms with van der Waals surface area (Å²) >= 11 is 0. The molecule has 0 aliphatic heterocycles. The maximum atomic E-state index is 10.8. The number of carbonyl (C=O) groups is 1. The Hall–Kier alpha value is -1.75. The second-order valence-corrected chi connectivity index (χ2v) is 2.02. The van der Waals surface area contributed by atoms with E-state index in [9.17, 15) is 4.79 Å². The third-order valence-corrected chi connectivity index (χ3v) is 1.26. The number of Topliss-reactive ketones (excluding diaryl/α,β-unsaturated/α-hetero) is 1. The van der Waals surface area contributed by atoms with Gasteiger partial charge in [-0.2, -0.15) is 0 Å². The first-order valence-electron chi connectivity index (χ1n) is 3.04. The van der Waals surface area contributed by atoms with Gasteiger partial charge in [-0.1, -0.05) is 0 Å². The van der Waals surface area contributed by atoms with Crippen molar-refractivity contribution < 1.29 is 9.90 Å². The van der Waals surface area contributed by atoms with E-state index in [0.717, 1.165) is 0 Å². The highest BCUT2D eigenvalue weighted by Gasteiger charge is 1.99. The van der Waals surface area contributed by atoms with Gasteiger partial charge in [-0.25, -0.2) is 0 Å². The van der Waals surface area contributed by atoms with Crippen LogP contribution in [0.15, 0.2) is 24.3 Å². The van der Waals surface area contributed by atoms with Crippen molar-refractivity contribution in [2.45, 2.75) is 0 Å². The molecule has 0 radical (unpaired) electrons. The van der Waals surface area contributed by atoms with Gasteiger partial charge in [0.15, 0.2) is 0 Å². The zero-order valence-electron chi connectivity index (χ0n) is 5.74. The summed E-state index contributed by atoms with van der Waals surface area (Å²) in [6.45, 7) is 0. The SMILES string of the molecule is C#CC(=O)c1ccc(O)cc1. The van der Waals surface area contributed by atoms with E-state index in [1.807, 2.05) is 5.92 Å². The maximum Gasteiger partial charge on any atom is 0.235 e. The average Bonchev–Trinajstić information content (AvgIpc) is 2.05. The molecule has 2 heteroatoms. The van der Waals surface area contributed by atoms with Crippen LogP contribution in [-0.4, -0.2) is 10.9 Å². The maximum absolute atomic E-state index is 10.8. The molecule has 11 heavy (non-hydrogen) atoms. The van der Waals surface area contributed by atoms with Gasteiger partial charge in [-0.15, -0.1) is 6.42 Å². The van der Waals surface area contributed by atoms with Crippen LogP contribution in [0.4, 0.5) is 0 Å². The number of phenols is 1. The normalized spacial score (nSPS) is 8.64.